The summed E-state index contributed by atoms with van der Waals surface area (Å²) in [5.41, 5.74) is 0.913. The highest BCUT2D eigenvalue weighted by Gasteiger charge is 2.04. The number of benzene rings is 1. The number of para-hydroxylation sites is 1. The molecule has 1 aromatic carbocycles. The second-order valence-electron chi connectivity index (χ2n) is 2.37. The van der Waals surface area contributed by atoms with Gasteiger partial charge >= 0.3 is 0 Å². The van der Waals surface area contributed by atoms with E-state index < -0.39 is 0 Å². The SMILES string of the molecule is OCNc1cccc(O)c1NCO. The Bertz CT molecular complexity index is 278. The quantitative estimate of drug-likeness (QED) is 0.339. The lowest BCUT2D eigenvalue weighted by Gasteiger charge is -2.11. The van der Waals surface area contributed by atoms with Crippen molar-refractivity contribution in [3.05, 3.63) is 18.2 Å². The van der Waals surface area contributed by atoms with Crippen LogP contribution in [0.3, 0.4) is 0 Å². The Hall–Kier alpha value is -1.46. The molecule has 0 aliphatic heterocycles. The molecular formula is C8H12N2O3. The summed E-state index contributed by atoms with van der Waals surface area (Å²) in [5, 5.41) is 31.8. The molecule has 0 bridgehead atoms. The summed E-state index contributed by atoms with van der Waals surface area (Å²) in [4.78, 5) is 0. The first kappa shape index (κ1) is 9.63. The minimum atomic E-state index is -0.280. The molecule has 13 heavy (non-hydrogen) atoms. The Morgan fingerprint density at radius 1 is 1.08 bits per heavy atom. The van der Waals surface area contributed by atoms with Gasteiger partial charge in [0.2, 0.25) is 0 Å². The monoisotopic (exact) mass is 184 g/mol. The normalized spacial score (nSPS) is 9.69. The van der Waals surface area contributed by atoms with Crippen molar-refractivity contribution in [1.29, 1.82) is 0 Å². The first-order valence-corrected chi connectivity index (χ1v) is 3.81. The molecule has 1 rings (SSSR count). The van der Waals surface area contributed by atoms with E-state index in [4.69, 9.17) is 10.2 Å². The predicted octanol–water partition coefficient (Wildman–Crippen LogP) is 0.116. The Labute approximate surface area is 75.6 Å². The van der Waals surface area contributed by atoms with E-state index in [1.807, 2.05) is 0 Å². The smallest absolute Gasteiger partial charge is 0.140 e. The van der Waals surface area contributed by atoms with Crippen molar-refractivity contribution in [2.75, 3.05) is 24.1 Å². The van der Waals surface area contributed by atoms with Crippen molar-refractivity contribution in [2.24, 2.45) is 0 Å². The number of phenols is 1. The zero-order valence-electron chi connectivity index (χ0n) is 6.99. The Morgan fingerprint density at radius 3 is 2.38 bits per heavy atom. The lowest BCUT2D eigenvalue weighted by atomic mass is 10.2. The van der Waals surface area contributed by atoms with Gasteiger partial charge in [-0.3, -0.25) is 0 Å². The summed E-state index contributed by atoms with van der Waals surface area (Å²) in [7, 11) is 0. The Balaban J connectivity index is 2.95. The lowest BCUT2D eigenvalue weighted by molar-refractivity contribution is 0.322. The van der Waals surface area contributed by atoms with Crippen LogP contribution in [0.2, 0.25) is 0 Å². The minimum Gasteiger partial charge on any atom is -0.506 e. The van der Waals surface area contributed by atoms with E-state index in [1.54, 1.807) is 12.1 Å². The second-order valence-corrected chi connectivity index (χ2v) is 2.37. The Morgan fingerprint density at radius 2 is 1.77 bits per heavy atom. The van der Waals surface area contributed by atoms with Gasteiger partial charge in [-0.2, -0.15) is 0 Å². The van der Waals surface area contributed by atoms with Crippen molar-refractivity contribution in [3.8, 4) is 5.75 Å². The molecule has 0 aliphatic carbocycles. The molecule has 0 unspecified atom stereocenters. The Kier molecular flexibility index (Phi) is 3.36. The van der Waals surface area contributed by atoms with Gasteiger partial charge in [0.15, 0.2) is 0 Å². The molecule has 0 fully saturated rings. The second kappa shape index (κ2) is 4.54. The molecule has 0 amide bonds. The van der Waals surface area contributed by atoms with Crippen LogP contribution in [0.15, 0.2) is 18.2 Å². The van der Waals surface area contributed by atoms with Gasteiger partial charge in [-0.05, 0) is 12.1 Å². The zero-order valence-corrected chi connectivity index (χ0v) is 6.99. The topological polar surface area (TPSA) is 84.8 Å². The average molecular weight is 184 g/mol. The van der Waals surface area contributed by atoms with Crippen molar-refractivity contribution < 1.29 is 15.3 Å². The number of anilines is 2. The maximum Gasteiger partial charge on any atom is 0.140 e. The number of rotatable bonds is 4. The van der Waals surface area contributed by atoms with Crippen molar-refractivity contribution >= 4 is 11.4 Å². The third-order valence-corrected chi connectivity index (χ3v) is 1.57. The van der Waals surface area contributed by atoms with Gasteiger partial charge in [0.25, 0.3) is 0 Å². The average Bonchev–Trinajstić information content (AvgIpc) is 2.11. The molecule has 5 heteroatoms. The summed E-state index contributed by atoms with van der Waals surface area (Å²) in [5.74, 6) is 0.0208. The maximum absolute atomic E-state index is 9.35. The van der Waals surface area contributed by atoms with E-state index in [-0.39, 0.29) is 19.2 Å². The molecule has 0 aromatic heterocycles. The van der Waals surface area contributed by atoms with E-state index in [0.717, 1.165) is 0 Å². The fourth-order valence-corrected chi connectivity index (χ4v) is 1.04. The largest absolute Gasteiger partial charge is 0.506 e. The highest BCUT2D eigenvalue weighted by Crippen LogP contribution is 2.30. The van der Waals surface area contributed by atoms with E-state index >= 15 is 0 Å². The molecule has 72 valence electrons. The number of aromatic hydroxyl groups is 1. The summed E-state index contributed by atoms with van der Waals surface area (Å²) < 4.78 is 0. The molecular weight excluding hydrogens is 172 g/mol. The minimum absolute atomic E-state index is 0.0208. The fraction of sp³-hybridized carbons (Fsp3) is 0.250. The summed E-state index contributed by atoms with van der Waals surface area (Å²) in [6, 6.07) is 4.80. The highest BCUT2D eigenvalue weighted by molar-refractivity contribution is 5.74. The molecule has 0 atom stereocenters. The number of aliphatic hydroxyl groups excluding tert-OH is 2. The fourth-order valence-electron chi connectivity index (χ4n) is 1.04. The van der Waals surface area contributed by atoms with Crippen LogP contribution >= 0.6 is 0 Å². The molecule has 0 saturated carbocycles. The van der Waals surface area contributed by atoms with E-state index in [9.17, 15) is 5.11 Å². The van der Waals surface area contributed by atoms with Gasteiger partial charge in [-0.15, -0.1) is 0 Å². The lowest BCUT2D eigenvalue weighted by Crippen LogP contribution is -2.06. The molecule has 0 spiro atoms. The first-order valence-electron chi connectivity index (χ1n) is 3.81. The van der Waals surface area contributed by atoms with Crippen molar-refractivity contribution in [3.63, 3.8) is 0 Å². The van der Waals surface area contributed by atoms with Gasteiger partial charge in [0.05, 0.1) is 5.69 Å². The molecule has 0 aliphatic rings. The third-order valence-electron chi connectivity index (χ3n) is 1.57. The predicted molar refractivity (Wildman–Crippen MR) is 49.5 cm³/mol. The van der Waals surface area contributed by atoms with Crippen LogP contribution in [0.5, 0.6) is 5.75 Å². The van der Waals surface area contributed by atoms with Crippen LogP contribution in [0, 0.1) is 0 Å². The van der Waals surface area contributed by atoms with E-state index in [1.165, 1.54) is 6.07 Å². The van der Waals surface area contributed by atoms with E-state index in [2.05, 4.69) is 10.6 Å². The molecule has 0 saturated heterocycles. The van der Waals surface area contributed by atoms with Gasteiger partial charge < -0.3 is 26.0 Å². The molecule has 0 heterocycles. The maximum atomic E-state index is 9.35. The van der Waals surface area contributed by atoms with Crippen LogP contribution in [-0.4, -0.2) is 28.8 Å². The van der Waals surface area contributed by atoms with Gasteiger partial charge in [-0.1, -0.05) is 6.07 Å². The van der Waals surface area contributed by atoms with Crippen LogP contribution in [0.25, 0.3) is 0 Å². The number of hydrogen-bond acceptors (Lipinski definition) is 5. The number of nitrogens with one attached hydrogen (secondary N) is 2. The first-order chi connectivity index (χ1) is 6.29. The number of phenolic OH excluding ortho intramolecular Hbond substituents is 1. The van der Waals surface area contributed by atoms with Crippen LogP contribution in [-0.2, 0) is 0 Å². The van der Waals surface area contributed by atoms with Gasteiger partial charge in [-0.25, -0.2) is 0 Å². The van der Waals surface area contributed by atoms with E-state index in [0.29, 0.717) is 11.4 Å². The molecule has 1 aromatic rings. The number of aliphatic hydroxyl groups is 2. The van der Waals surface area contributed by atoms with Crippen LogP contribution in [0.1, 0.15) is 0 Å². The molecule has 0 radical (unpaired) electrons. The van der Waals surface area contributed by atoms with Crippen LogP contribution in [0.4, 0.5) is 11.4 Å². The van der Waals surface area contributed by atoms with Crippen molar-refractivity contribution in [2.45, 2.75) is 0 Å². The number of hydrogen-bond donors (Lipinski definition) is 5. The van der Waals surface area contributed by atoms with Crippen molar-refractivity contribution in [1.82, 2.24) is 0 Å². The van der Waals surface area contributed by atoms with Gasteiger partial charge in [0, 0.05) is 0 Å². The zero-order chi connectivity index (χ0) is 9.68. The third kappa shape index (κ3) is 2.24. The summed E-state index contributed by atoms with van der Waals surface area (Å²) in [6.45, 7) is -0.513. The standard InChI is InChI=1S/C8H12N2O3/c11-4-9-6-2-1-3-7(13)8(6)10-5-12/h1-3,9-13H,4-5H2. The molecule has 5 N–H and O–H groups in total. The summed E-state index contributed by atoms with van der Waals surface area (Å²) in [6.07, 6.45) is 0. The molecule has 5 nitrogen and oxygen atoms in total. The van der Waals surface area contributed by atoms with Gasteiger partial charge in [0.1, 0.15) is 24.9 Å². The van der Waals surface area contributed by atoms with Crippen LogP contribution < -0.4 is 10.6 Å². The summed E-state index contributed by atoms with van der Waals surface area (Å²) >= 11 is 0. The highest BCUT2D eigenvalue weighted by atomic mass is 16.3.